The van der Waals surface area contributed by atoms with Gasteiger partial charge in [0.1, 0.15) is 11.5 Å². The summed E-state index contributed by atoms with van der Waals surface area (Å²) in [4.78, 5) is 12.9. The Kier molecular flexibility index (Phi) is 4.92. The molecule has 26 heavy (non-hydrogen) atoms. The highest BCUT2D eigenvalue weighted by atomic mass is 16.3. The van der Waals surface area contributed by atoms with Gasteiger partial charge in [-0.2, -0.15) is 25.2 Å². The Morgan fingerprint density at radius 1 is 1.12 bits per heavy atom. The van der Waals surface area contributed by atoms with E-state index < -0.39 is 0 Å². The lowest BCUT2D eigenvalue weighted by Crippen LogP contribution is -2.07. The van der Waals surface area contributed by atoms with E-state index in [2.05, 4.69) is 35.8 Å². The number of hydrogen-bond donors (Lipinski definition) is 3. The Labute approximate surface area is 151 Å². The lowest BCUT2D eigenvalue weighted by molar-refractivity contribution is 0.482. The van der Waals surface area contributed by atoms with Crippen molar-refractivity contribution in [3.05, 3.63) is 35.7 Å². The van der Waals surface area contributed by atoms with E-state index in [1.807, 2.05) is 38.1 Å². The molecule has 8 heteroatoms. The maximum Gasteiger partial charge on any atom is 0.232 e. The zero-order valence-corrected chi connectivity index (χ0v) is 15.2. The summed E-state index contributed by atoms with van der Waals surface area (Å²) in [5.41, 5.74) is 1.98. The highest BCUT2D eigenvalue weighted by molar-refractivity contribution is 6.03. The number of fused-ring (bicyclic) bond motifs is 1. The second-order valence-electron chi connectivity index (χ2n) is 5.78. The molecular formula is C18H21N7O. The van der Waals surface area contributed by atoms with Gasteiger partial charge in [0, 0.05) is 19.0 Å². The van der Waals surface area contributed by atoms with Crippen molar-refractivity contribution in [2.45, 2.75) is 20.8 Å². The van der Waals surface area contributed by atoms with Gasteiger partial charge in [-0.05, 0) is 43.9 Å². The summed E-state index contributed by atoms with van der Waals surface area (Å²) < 4.78 is 0. The fourth-order valence-electron chi connectivity index (χ4n) is 2.79. The average molecular weight is 351 g/mol. The van der Waals surface area contributed by atoms with Crippen LogP contribution in [0.1, 0.15) is 18.3 Å². The van der Waals surface area contributed by atoms with Crippen LogP contribution in [0.25, 0.3) is 10.8 Å². The number of aromatic nitrogens is 3. The molecule has 0 spiro atoms. The van der Waals surface area contributed by atoms with E-state index in [1.165, 1.54) is 0 Å². The number of nitrogens with one attached hydrogen (secondary N) is 2. The molecule has 3 rings (SSSR count). The minimum atomic E-state index is 0.0754. The molecule has 0 aliphatic heterocycles. The number of aromatic hydroxyl groups is 1. The highest BCUT2D eigenvalue weighted by Crippen LogP contribution is 2.42. The monoisotopic (exact) mass is 351 g/mol. The van der Waals surface area contributed by atoms with Crippen LogP contribution < -0.4 is 10.6 Å². The second kappa shape index (κ2) is 7.30. The van der Waals surface area contributed by atoms with Crippen LogP contribution in [0.4, 0.5) is 23.3 Å². The first-order valence-corrected chi connectivity index (χ1v) is 8.32. The summed E-state index contributed by atoms with van der Waals surface area (Å²) in [6, 6.07) is 7.66. The van der Waals surface area contributed by atoms with Crippen molar-refractivity contribution in [1.82, 2.24) is 15.0 Å². The number of hydrogen-bond acceptors (Lipinski definition) is 8. The number of aryl methyl sites for hydroxylation is 2. The van der Waals surface area contributed by atoms with E-state index in [1.54, 1.807) is 14.0 Å². The molecule has 0 radical (unpaired) electrons. The molecule has 2 aromatic carbocycles. The Hall–Kier alpha value is -3.29. The van der Waals surface area contributed by atoms with Gasteiger partial charge in [-0.15, -0.1) is 0 Å². The first kappa shape index (κ1) is 17.5. The first-order valence-electron chi connectivity index (χ1n) is 8.32. The van der Waals surface area contributed by atoms with Crippen LogP contribution in [-0.4, -0.2) is 33.7 Å². The van der Waals surface area contributed by atoms with Gasteiger partial charge in [0.05, 0.1) is 5.69 Å². The van der Waals surface area contributed by atoms with Crippen LogP contribution in [0.15, 0.2) is 34.5 Å². The predicted octanol–water partition coefficient (Wildman–Crippen LogP) is 4.24. The van der Waals surface area contributed by atoms with Crippen molar-refractivity contribution in [2.24, 2.45) is 10.2 Å². The zero-order valence-electron chi connectivity index (χ0n) is 15.2. The fourth-order valence-corrected chi connectivity index (χ4v) is 2.79. The topological polar surface area (TPSA) is 108 Å². The van der Waals surface area contributed by atoms with E-state index in [0.29, 0.717) is 41.0 Å². The molecule has 0 amide bonds. The molecule has 134 valence electrons. The third-order valence-electron chi connectivity index (χ3n) is 3.83. The van der Waals surface area contributed by atoms with Gasteiger partial charge in [0.2, 0.25) is 11.9 Å². The van der Waals surface area contributed by atoms with Crippen molar-refractivity contribution in [2.75, 3.05) is 24.2 Å². The lowest BCUT2D eigenvalue weighted by Gasteiger charge is -2.13. The summed E-state index contributed by atoms with van der Waals surface area (Å²) in [6.45, 7) is 6.38. The smallest absolute Gasteiger partial charge is 0.232 e. The van der Waals surface area contributed by atoms with Crippen molar-refractivity contribution in [3.8, 4) is 5.75 Å². The molecule has 0 fully saturated rings. The quantitative estimate of drug-likeness (QED) is 0.594. The van der Waals surface area contributed by atoms with E-state index in [9.17, 15) is 5.11 Å². The number of phenolic OH excluding ortho intramolecular Hbond substituents is 1. The molecule has 0 bridgehead atoms. The van der Waals surface area contributed by atoms with Crippen LogP contribution >= 0.6 is 0 Å². The van der Waals surface area contributed by atoms with Gasteiger partial charge in [-0.25, -0.2) is 0 Å². The minimum absolute atomic E-state index is 0.0754. The molecule has 3 aromatic rings. The fraction of sp³-hybridized carbons (Fsp3) is 0.278. The average Bonchev–Trinajstić information content (AvgIpc) is 2.58. The summed E-state index contributed by atoms with van der Waals surface area (Å²) in [7, 11) is 1.57. The van der Waals surface area contributed by atoms with Crippen LogP contribution in [0.3, 0.4) is 0 Å². The molecule has 0 saturated heterocycles. The van der Waals surface area contributed by atoms with E-state index in [-0.39, 0.29) is 5.75 Å². The van der Waals surface area contributed by atoms with Crippen molar-refractivity contribution in [1.29, 1.82) is 0 Å². The van der Waals surface area contributed by atoms with Crippen LogP contribution in [-0.2, 0) is 0 Å². The minimum Gasteiger partial charge on any atom is -0.505 e. The summed E-state index contributed by atoms with van der Waals surface area (Å²) in [5.74, 6) is 1.58. The zero-order chi connectivity index (χ0) is 18.7. The van der Waals surface area contributed by atoms with Gasteiger partial charge < -0.3 is 15.7 Å². The number of benzene rings is 2. The van der Waals surface area contributed by atoms with E-state index in [4.69, 9.17) is 0 Å². The molecular weight excluding hydrogens is 330 g/mol. The molecule has 0 unspecified atom stereocenters. The summed E-state index contributed by atoms with van der Waals surface area (Å²) in [6.07, 6.45) is 0. The molecule has 0 atom stereocenters. The Morgan fingerprint density at radius 3 is 2.62 bits per heavy atom. The maximum atomic E-state index is 10.8. The number of azo groups is 1. The van der Waals surface area contributed by atoms with Gasteiger partial charge >= 0.3 is 0 Å². The Bertz CT molecular complexity index is 985. The van der Waals surface area contributed by atoms with Crippen molar-refractivity contribution < 1.29 is 5.11 Å². The number of anilines is 3. The maximum absolute atomic E-state index is 10.8. The molecule has 8 nitrogen and oxygen atoms in total. The third kappa shape index (κ3) is 3.39. The molecule has 1 heterocycles. The summed E-state index contributed by atoms with van der Waals surface area (Å²) in [5, 5.41) is 26.4. The van der Waals surface area contributed by atoms with Gasteiger partial charge in [0.15, 0.2) is 5.75 Å². The third-order valence-corrected chi connectivity index (χ3v) is 3.83. The van der Waals surface area contributed by atoms with Crippen LogP contribution in [0.2, 0.25) is 0 Å². The van der Waals surface area contributed by atoms with E-state index >= 15 is 0 Å². The number of phenols is 1. The standard InChI is InChI=1S/C18H21N7O/c1-5-20-17-21-11(3)22-18(24-17)23-13-8-6-7-12-9-10(2)15(25-19-4)16(26)14(12)13/h6-9,26H,5H2,1-4H3,(H2,20,21,22,23,24). The number of rotatable bonds is 5. The summed E-state index contributed by atoms with van der Waals surface area (Å²) >= 11 is 0. The lowest BCUT2D eigenvalue weighted by atomic mass is 10.0. The van der Waals surface area contributed by atoms with Crippen LogP contribution in [0.5, 0.6) is 5.75 Å². The van der Waals surface area contributed by atoms with Crippen molar-refractivity contribution >= 4 is 34.0 Å². The second-order valence-corrected chi connectivity index (χ2v) is 5.78. The number of nitrogens with zero attached hydrogens (tertiary/aromatic N) is 5. The normalized spacial score (nSPS) is 11.2. The van der Waals surface area contributed by atoms with Gasteiger partial charge in [-0.1, -0.05) is 12.1 Å². The molecule has 0 saturated carbocycles. The van der Waals surface area contributed by atoms with Gasteiger partial charge in [-0.3, -0.25) is 0 Å². The molecule has 0 aliphatic rings. The first-order chi connectivity index (χ1) is 12.5. The Balaban J connectivity index is 2.13. The van der Waals surface area contributed by atoms with Crippen LogP contribution in [0, 0.1) is 13.8 Å². The van der Waals surface area contributed by atoms with Crippen molar-refractivity contribution in [3.63, 3.8) is 0 Å². The largest absolute Gasteiger partial charge is 0.505 e. The Morgan fingerprint density at radius 2 is 1.88 bits per heavy atom. The molecule has 1 aromatic heterocycles. The SMILES string of the molecule is CCNc1nc(C)nc(Nc2cccc3cc(C)c(N=NC)c(O)c23)n1. The van der Waals surface area contributed by atoms with Gasteiger partial charge in [0.25, 0.3) is 0 Å². The van der Waals surface area contributed by atoms with E-state index in [0.717, 1.165) is 10.9 Å². The highest BCUT2D eigenvalue weighted by Gasteiger charge is 2.14. The molecule has 0 aliphatic carbocycles. The predicted molar refractivity (Wildman–Crippen MR) is 103 cm³/mol. The molecule has 3 N–H and O–H groups in total.